The van der Waals surface area contributed by atoms with Crippen LogP contribution in [0.1, 0.15) is 53.0 Å². The second kappa shape index (κ2) is 11.1. The lowest BCUT2D eigenvalue weighted by atomic mass is 9.98. The van der Waals surface area contributed by atoms with E-state index in [0.29, 0.717) is 19.4 Å². The van der Waals surface area contributed by atoms with Crippen LogP contribution in [0.5, 0.6) is 0 Å². The largest absolute Gasteiger partial charge is 0.460 e. The zero-order valence-electron chi connectivity index (χ0n) is 19.1. The van der Waals surface area contributed by atoms with Gasteiger partial charge < -0.3 is 25.4 Å². The SMILES string of the molecule is CCC(C)C(NC(=O)OC(C)(C)C)C(=O)NC1CNC(C(=O)OCc2ccccc2)C1. The van der Waals surface area contributed by atoms with Crippen LogP contribution in [0.25, 0.3) is 0 Å². The first-order valence-electron chi connectivity index (χ1n) is 10.8. The van der Waals surface area contributed by atoms with Crippen molar-refractivity contribution in [2.45, 2.75) is 77.8 Å². The molecule has 3 N–H and O–H groups in total. The van der Waals surface area contributed by atoms with Crippen molar-refractivity contribution in [3.05, 3.63) is 35.9 Å². The maximum atomic E-state index is 12.9. The van der Waals surface area contributed by atoms with Gasteiger partial charge in [0.1, 0.15) is 24.3 Å². The summed E-state index contributed by atoms with van der Waals surface area (Å²) in [6.45, 7) is 9.83. The molecule has 2 rings (SSSR count). The van der Waals surface area contributed by atoms with Crippen LogP contribution >= 0.6 is 0 Å². The molecule has 1 aliphatic rings. The van der Waals surface area contributed by atoms with E-state index in [0.717, 1.165) is 5.56 Å². The molecule has 1 heterocycles. The molecule has 0 radical (unpaired) electrons. The second-order valence-corrected chi connectivity index (χ2v) is 9.00. The minimum Gasteiger partial charge on any atom is -0.460 e. The Morgan fingerprint density at radius 3 is 2.48 bits per heavy atom. The molecule has 8 nitrogen and oxygen atoms in total. The van der Waals surface area contributed by atoms with E-state index in [9.17, 15) is 14.4 Å². The smallest absolute Gasteiger partial charge is 0.408 e. The Labute approximate surface area is 184 Å². The molecular weight excluding hydrogens is 398 g/mol. The van der Waals surface area contributed by atoms with E-state index in [-0.39, 0.29) is 30.4 Å². The molecule has 0 bridgehead atoms. The van der Waals surface area contributed by atoms with Crippen molar-refractivity contribution in [2.75, 3.05) is 6.54 Å². The molecule has 4 atom stereocenters. The highest BCUT2D eigenvalue weighted by atomic mass is 16.6. The molecular formula is C23H35N3O5. The highest BCUT2D eigenvalue weighted by molar-refractivity contribution is 5.86. The summed E-state index contributed by atoms with van der Waals surface area (Å²) in [7, 11) is 0. The van der Waals surface area contributed by atoms with Crippen LogP contribution in [0, 0.1) is 5.92 Å². The minimum atomic E-state index is -0.719. The Balaban J connectivity index is 1.86. The van der Waals surface area contributed by atoms with Gasteiger partial charge in [0, 0.05) is 12.6 Å². The van der Waals surface area contributed by atoms with E-state index in [4.69, 9.17) is 9.47 Å². The number of esters is 1. The molecule has 1 aromatic carbocycles. The molecule has 0 aromatic heterocycles. The molecule has 1 saturated heterocycles. The van der Waals surface area contributed by atoms with Crippen LogP contribution in [-0.4, -0.2) is 48.2 Å². The van der Waals surface area contributed by atoms with Crippen LogP contribution in [0.4, 0.5) is 4.79 Å². The van der Waals surface area contributed by atoms with Gasteiger partial charge in [0.05, 0.1) is 0 Å². The topological polar surface area (TPSA) is 106 Å². The van der Waals surface area contributed by atoms with Gasteiger partial charge in [-0.25, -0.2) is 4.79 Å². The number of hydrogen-bond donors (Lipinski definition) is 3. The van der Waals surface area contributed by atoms with Crippen molar-refractivity contribution in [3.8, 4) is 0 Å². The highest BCUT2D eigenvalue weighted by Gasteiger charge is 2.34. The van der Waals surface area contributed by atoms with E-state index in [1.165, 1.54) is 0 Å². The molecule has 0 spiro atoms. The van der Waals surface area contributed by atoms with Crippen molar-refractivity contribution in [3.63, 3.8) is 0 Å². The summed E-state index contributed by atoms with van der Waals surface area (Å²) in [5.74, 6) is -0.704. The number of rotatable bonds is 8. The average molecular weight is 434 g/mol. The maximum absolute atomic E-state index is 12.9. The summed E-state index contributed by atoms with van der Waals surface area (Å²) in [6.07, 6.45) is 0.518. The third-order valence-corrected chi connectivity index (χ3v) is 5.15. The normalized spacial score (nSPS) is 20.4. The number of benzene rings is 1. The van der Waals surface area contributed by atoms with Crippen LogP contribution in [-0.2, 0) is 25.7 Å². The summed E-state index contributed by atoms with van der Waals surface area (Å²) in [5.41, 5.74) is 0.270. The van der Waals surface area contributed by atoms with Crippen LogP contribution < -0.4 is 16.0 Å². The molecule has 0 aliphatic carbocycles. The van der Waals surface area contributed by atoms with E-state index >= 15 is 0 Å². The number of carbonyl (C=O) groups is 3. The number of alkyl carbamates (subject to hydrolysis) is 1. The molecule has 1 fully saturated rings. The molecule has 31 heavy (non-hydrogen) atoms. The fourth-order valence-corrected chi connectivity index (χ4v) is 3.28. The minimum absolute atomic E-state index is 0.0754. The number of ether oxygens (including phenoxy) is 2. The van der Waals surface area contributed by atoms with E-state index in [1.54, 1.807) is 20.8 Å². The third kappa shape index (κ3) is 8.20. The number of hydrogen-bond acceptors (Lipinski definition) is 6. The predicted molar refractivity (Wildman–Crippen MR) is 117 cm³/mol. The van der Waals surface area contributed by atoms with Crippen molar-refractivity contribution in [2.24, 2.45) is 5.92 Å². The van der Waals surface area contributed by atoms with Gasteiger partial charge in [0.25, 0.3) is 0 Å². The summed E-state index contributed by atoms with van der Waals surface area (Å²) in [4.78, 5) is 37.4. The Kier molecular flexibility index (Phi) is 8.86. The zero-order valence-corrected chi connectivity index (χ0v) is 19.1. The average Bonchev–Trinajstić information content (AvgIpc) is 3.17. The lowest BCUT2D eigenvalue weighted by molar-refractivity contribution is -0.147. The second-order valence-electron chi connectivity index (χ2n) is 9.00. The number of amides is 2. The fraction of sp³-hybridized carbons (Fsp3) is 0.609. The molecule has 1 aliphatic heterocycles. The first-order chi connectivity index (χ1) is 14.6. The van der Waals surface area contributed by atoms with Gasteiger partial charge in [0.15, 0.2) is 0 Å². The van der Waals surface area contributed by atoms with Gasteiger partial charge in [-0.3, -0.25) is 9.59 Å². The molecule has 172 valence electrons. The fourth-order valence-electron chi connectivity index (χ4n) is 3.28. The molecule has 0 saturated carbocycles. The van der Waals surface area contributed by atoms with Crippen LogP contribution in [0.3, 0.4) is 0 Å². The molecule has 1 aromatic rings. The van der Waals surface area contributed by atoms with E-state index < -0.39 is 23.8 Å². The standard InChI is InChI=1S/C23H35N3O5/c1-6-15(2)19(26-22(29)31-23(3,4)5)20(27)25-17-12-18(24-13-17)21(28)30-14-16-10-8-7-9-11-16/h7-11,15,17-19,24H,6,12-14H2,1-5H3,(H,25,27)(H,26,29). The van der Waals surface area contributed by atoms with E-state index in [2.05, 4.69) is 16.0 Å². The van der Waals surface area contributed by atoms with Gasteiger partial charge >= 0.3 is 12.1 Å². The Morgan fingerprint density at radius 2 is 1.87 bits per heavy atom. The van der Waals surface area contributed by atoms with Gasteiger partial charge in [-0.2, -0.15) is 0 Å². The zero-order chi connectivity index (χ0) is 23.0. The van der Waals surface area contributed by atoms with Crippen molar-refractivity contribution >= 4 is 18.0 Å². The first kappa shape index (κ1) is 24.7. The van der Waals surface area contributed by atoms with Crippen LogP contribution in [0.15, 0.2) is 30.3 Å². The Morgan fingerprint density at radius 1 is 1.19 bits per heavy atom. The van der Waals surface area contributed by atoms with Gasteiger partial charge in [-0.15, -0.1) is 0 Å². The summed E-state index contributed by atoms with van der Waals surface area (Å²) in [6, 6.07) is 8.05. The van der Waals surface area contributed by atoms with Crippen molar-refractivity contribution < 1.29 is 23.9 Å². The highest BCUT2D eigenvalue weighted by Crippen LogP contribution is 2.14. The number of nitrogens with one attached hydrogen (secondary N) is 3. The van der Waals surface area contributed by atoms with Crippen LogP contribution in [0.2, 0.25) is 0 Å². The third-order valence-electron chi connectivity index (χ3n) is 5.15. The van der Waals surface area contributed by atoms with E-state index in [1.807, 2.05) is 44.2 Å². The maximum Gasteiger partial charge on any atom is 0.408 e. The lowest BCUT2D eigenvalue weighted by Crippen LogP contribution is -2.53. The monoisotopic (exact) mass is 433 g/mol. The lowest BCUT2D eigenvalue weighted by Gasteiger charge is -2.27. The predicted octanol–water partition coefficient (Wildman–Crippen LogP) is 2.52. The van der Waals surface area contributed by atoms with Gasteiger partial charge in [-0.05, 0) is 38.7 Å². The summed E-state index contributed by atoms with van der Waals surface area (Å²) < 4.78 is 10.7. The number of carbonyl (C=O) groups excluding carboxylic acids is 3. The Bertz CT molecular complexity index is 747. The molecule has 8 heteroatoms. The molecule has 4 unspecified atom stereocenters. The van der Waals surface area contributed by atoms with Gasteiger partial charge in [0.2, 0.25) is 5.91 Å². The Hall–Kier alpha value is -2.61. The van der Waals surface area contributed by atoms with Gasteiger partial charge in [-0.1, -0.05) is 50.6 Å². The van der Waals surface area contributed by atoms with Crippen molar-refractivity contribution in [1.82, 2.24) is 16.0 Å². The summed E-state index contributed by atoms with van der Waals surface area (Å²) in [5, 5.41) is 8.73. The molecule has 2 amide bonds. The summed E-state index contributed by atoms with van der Waals surface area (Å²) >= 11 is 0. The quantitative estimate of drug-likeness (QED) is 0.544. The first-order valence-corrected chi connectivity index (χ1v) is 10.8. The van der Waals surface area contributed by atoms with Crippen molar-refractivity contribution in [1.29, 1.82) is 0 Å².